The highest BCUT2D eigenvalue weighted by Crippen LogP contribution is 2.30. The first-order chi connectivity index (χ1) is 6.66. The number of nitrogens with one attached hydrogen (secondary N) is 1. The van der Waals surface area contributed by atoms with Crippen molar-refractivity contribution in [2.45, 2.75) is 0 Å². The van der Waals surface area contributed by atoms with Crippen LogP contribution in [0.1, 0.15) is 0 Å². The Bertz CT molecular complexity index is 400. The van der Waals surface area contributed by atoms with Crippen LogP contribution in [0.3, 0.4) is 0 Å². The van der Waals surface area contributed by atoms with E-state index in [1.807, 2.05) is 0 Å². The molecule has 72 valence electrons. The van der Waals surface area contributed by atoms with Crippen LogP contribution in [0.5, 0.6) is 0 Å². The summed E-state index contributed by atoms with van der Waals surface area (Å²) in [6.07, 6.45) is 7.67. The smallest absolute Gasteiger partial charge is 0.311 e. The first-order valence-electron chi connectivity index (χ1n) is 3.62. The van der Waals surface area contributed by atoms with Crippen LogP contribution in [0.4, 0.5) is 11.4 Å². The summed E-state index contributed by atoms with van der Waals surface area (Å²) in [5, 5.41) is 13.3. The molecule has 1 rings (SSSR count). The molecule has 1 heterocycles. The average molecular weight is 256 g/mol. The second-order valence-corrected chi connectivity index (χ2v) is 3.18. The van der Waals surface area contributed by atoms with Crippen LogP contribution in [-0.4, -0.2) is 16.5 Å². The van der Waals surface area contributed by atoms with Crippen LogP contribution in [0.2, 0.25) is 0 Å². The topological polar surface area (TPSA) is 68.1 Å². The van der Waals surface area contributed by atoms with Gasteiger partial charge >= 0.3 is 5.69 Å². The van der Waals surface area contributed by atoms with E-state index in [1.165, 1.54) is 12.4 Å². The first kappa shape index (κ1) is 10.5. The van der Waals surface area contributed by atoms with E-state index in [0.717, 1.165) is 0 Å². The Morgan fingerprint density at radius 2 is 2.43 bits per heavy atom. The minimum atomic E-state index is -0.517. The number of aromatic nitrogens is 1. The average Bonchev–Trinajstić information content (AvgIpc) is 2.15. The van der Waals surface area contributed by atoms with Crippen LogP contribution in [0.25, 0.3) is 0 Å². The van der Waals surface area contributed by atoms with Crippen LogP contribution in [-0.2, 0) is 0 Å². The zero-order valence-corrected chi connectivity index (χ0v) is 8.61. The van der Waals surface area contributed by atoms with E-state index in [9.17, 15) is 10.1 Å². The van der Waals surface area contributed by atoms with E-state index in [0.29, 0.717) is 10.2 Å². The van der Waals surface area contributed by atoms with E-state index in [4.69, 9.17) is 6.42 Å². The Morgan fingerprint density at radius 1 is 1.71 bits per heavy atom. The van der Waals surface area contributed by atoms with Crippen molar-refractivity contribution in [3.8, 4) is 12.3 Å². The van der Waals surface area contributed by atoms with Crippen LogP contribution in [0, 0.1) is 22.5 Å². The molecule has 0 bridgehead atoms. The number of rotatable bonds is 3. The molecule has 14 heavy (non-hydrogen) atoms. The maximum atomic E-state index is 10.6. The van der Waals surface area contributed by atoms with Gasteiger partial charge in [-0.2, -0.15) is 0 Å². The fourth-order valence-corrected chi connectivity index (χ4v) is 1.34. The molecular formula is C8H6BrN3O2. The molecule has 0 saturated heterocycles. The number of anilines is 1. The van der Waals surface area contributed by atoms with Crippen LogP contribution >= 0.6 is 15.9 Å². The molecule has 0 aliphatic heterocycles. The summed E-state index contributed by atoms with van der Waals surface area (Å²) in [6, 6.07) is 0. The van der Waals surface area contributed by atoms with Crippen molar-refractivity contribution in [3.63, 3.8) is 0 Å². The van der Waals surface area contributed by atoms with Gasteiger partial charge in [0.2, 0.25) is 0 Å². The van der Waals surface area contributed by atoms with Crippen LogP contribution < -0.4 is 5.32 Å². The SMILES string of the molecule is C#CCNc1c(Br)cncc1[N+](=O)[O-]. The molecule has 0 radical (unpaired) electrons. The molecule has 1 aromatic rings. The van der Waals surface area contributed by atoms with Gasteiger partial charge in [0.25, 0.3) is 0 Å². The van der Waals surface area contributed by atoms with Gasteiger partial charge in [-0.1, -0.05) is 5.92 Å². The summed E-state index contributed by atoms with van der Waals surface area (Å²) < 4.78 is 0.516. The number of pyridine rings is 1. The van der Waals surface area contributed by atoms with E-state index in [1.54, 1.807) is 0 Å². The minimum Gasteiger partial charge on any atom is -0.368 e. The lowest BCUT2D eigenvalue weighted by atomic mass is 10.3. The van der Waals surface area contributed by atoms with Gasteiger partial charge in [-0.25, -0.2) is 0 Å². The number of nitrogens with zero attached hydrogens (tertiary/aromatic N) is 2. The van der Waals surface area contributed by atoms with Crippen molar-refractivity contribution in [2.75, 3.05) is 11.9 Å². The number of hydrogen-bond donors (Lipinski definition) is 1. The molecule has 0 unspecified atom stereocenters. The molecule has 0 saturated carbocycles. The second-order valence-electron chi connectivity index (χ2n) is 2.33. The maximum absolute atomic E-state index is 10.6. The number of hydrogen-bond acceptors (Lipinski definition) is 4. The quantitative estimate of drug-likeness (QED) is 0.508. The number of halogens is 1. The fraction of sp³-hybridized carbons (Fsp3) is 0.125. The Balaban J connectivity index is 3.10. The van der Waals surface area contributed by atoms with Gasteiger partial charge in [0.05, 0.1) is 15.9 Å². The molecule has 5 nitrogen and oxygen atoms in total. The Labute approximate surface area is 88.8 Å². The molecule has 0 atom stereocenters. The monoisotopic (exact) mass is 255 g/mol. The highest BCUT2D eigenvalue weighted by molar-refractivity contribution is 9.10. The van der Waals surface area contributed by atoms with Crippen molar-refractivity contribution in [2.24, 2.45) is 0 Å². The summed E-state index contributed by atoms with van der Waals surface area (Å²) in [7, 11) is 0. The van der Waals surface area contributed by atoms with Gasteiger partial charge in [0.15, 0.2) is 0 Å². The highest BCUT2D eigenvalue weighted by atomic mass is 79.9. The van der Waals surface area contributed by atoms with Crippen LogP contribution in [0.15, 0.2) is 16.9 Å². The van der Waals surface area contributed by atoms with Gasteiger partial charge in [-0.05, 0) is 15.9 Å². The summed E-state index contributed by atoms with van der Waals surface area (Å²) in [4.78, 5) is 13.8. The Morgan fingerprint density at radius 3 is 3.00 bits per heavy atom. The standard InChI is InChI=1S/C8H6BrN3O2/c1-2-3-11-8-6(9)4-10-5-7(8)12(13)14/h1,4-5H,3H2,(H,10,11). The number of terminal acetylenes is 1. The van der Waals surface area contributed by atoms with E-state index in [2.05, 4.69) is 32.2 Å². The van der Waals surface area contributed by atoms with Crippen molar-refractivity contribution in [3.05, 3.63) is 27.0 Å². The van der Waals surface area contributed by atoms with Crippen molar-refractivity contribution in [1.29, 1.82) is 0 Å². The largest absolute Gasteiger partial charge is 0.368 e. The lowest BCUT2D eigenvalue weighted by Gasteiger charge is -2.04. The van der Waals surface area contributed by atoms with E-state index < -0.39 is 4.92 Å². The van der Waals surface area contributed by atoms with Gasteiger partial charge in [0, 0.05) is 6.20 Å². The Kier molecular flexibility index (Phi) is 3.42. The molecule has 1 aromatic heterocycles. The lowest BCUT2D eigenvalue weighted by molar-refractivity contribution is -0.384. The summed E-state index contributed by atoms with van der Waals surface area (Å²) in [5.41, 5.74) is 0.248. The summed E-state index contributed by atoms with van der Waals surface area (Å²) in [5.74, 6) is 2.33. The molecule has 0 fully saturated rings. The predicted octanol–water partition coefficient (Wildman–Crippen LogP) is 1.80. The predicted molar refractivity (Wildman–Crippen MR) is 55.9 cm³/mol. The van der Waals surface area contributed by atoms with Gasteiger partial charge in [-0.3, -0.25) is 15.1 Å². The molecular weight excluding hydrogens is 250 g/mol. The zero-order valence-electron chi connectivity index (χ0n) is 7.03. The highest BCUT2D eigenvalue weighted by Gasteiger charge is 2.16. The zero-order chi connectivity index (χ0) is 10.6. The fourth-order valence-electron chi connectivity index (χ4n) is 0.878. The molecule has 0 amide bonds. The molecule has 0 spiro atoms. The van der Waals surface area contributed by atoms with Gasteiger partial charge < -0.3 is 5.32 Å². The second kappa shape index (κ2) is 4.58. The lowest BCUT2D eigenvalue weighted by Crippen LogP contribution is -2.03. The first-order valence-corrected chi connectivity index (χ1v) is 4.41. The third kappa shape index (κ3) is 2.20. The Hall–Kier alpha value is -1.61. The molecule has 0 aliphatic carbocycles. The summed E-state index contributed by atoms with van der Waals surface area (Å²) >= 11 is 3.15. The van der Waals surface area contributed by atoms with Crippen molar-refractivity contribution in [1.82, 2.24) is 4.98 Å². The van der Waals surface area contributed by atoms with Gasteiger partial charge in [-0.15, -0.1) is 6.42 Å². The third-order valence-electron chi connectivity index (χ3n) is 1.44. The third-order valence-corrected chi connectivity index (χ3v) is 2.04. The maximum Gasteiger partial charge on any atom is 0.311 e. The van der Waals surface area contributed by atoms with Gasteiger partial charge in [0.1, 0.15) is 11.9 Å². The van der Waals surface area contributed by atoms with E-state index in [-0.39, 0.29) is 12.2 Å². The van der Waals surface area contributed by atoms with Crippen molar-refractivity contribution >= 4 is 27.3 Å². The summed E-state index contributed by atoms with van der Waals surface area (Å²) in [6.45, 7) is 0.226. The minimum absolute atomic E-state index is 0.102. The van der Waals surface area contributed by atoms with E-state index >= 15 is 0 Å². The number of nitro groups is 1. The molecule has 6 heteroatoms. The molecule has 0 aromatic carbocycles. The normalized spacial score (nSPS) is 9.14. The van der Waals surface area contributed by atoms with Crippen molar-refractivity contribution < 1.29 is 4.92 Å². The molecule has 1 N–H and O–H groups in total. The molecule has 0 aliphatic rings.